The van der Waals surface area contributed by atoms with Crippen LogP contribution < -0.4 is 5.32 Å². The zero-order valence-electron chi connectivity index (χ0n) is 17.3. The van der Waals surface area contributed by atoms with Gasteiger partial charge in [-0.25, -0.2) is 4.98 Å². The van der Waals surface area contributed by atoms with Crippen molar-refractivity contribution in [2.45, 2.75) is 39.0 Å². The summed E-state index contributed by atoms with van der Waals surface area (Å²) < 4.78 is 41.7. The van der Waals surface area contributed by atoms with Crippen LogP contribution in [-0.2, 0) is 24.1 Å². The Labute approximate surface area is 178 Å². The van der Waals surface area contributed by atoms with Gasteiger partial charge in [-0.15, -0.1) is 0 Å². The molecule has 0 aliphatic carbocycles. The van der Waals surface area contributed by atoms with Gasteiger partial charge in [0, 0.05) is 12.5 Å². The lowest BCUT2D eigenvalue weighted by molar-refractivity contribution is -0.137. The molecule has 4 rings (SSSR count). The second kappa shape index (κ2) is 8.70. The number of aromatic nitrogens is 2. The number of para-hydroxylation sites is 3. The monoisotopic (exact) mass is 430 g/mol. The number of piperidine rings is 1. The molecule has 0 saturated carbocycles. The second-order valence-corrected chi connectivity index (χ2v) is 7.84. The van der Waals surface area contributed by atoms with Crippen molar-refractivity contribution in [3.63, 3.8) is 0 Å². The molecule has 8 heteroatoms. The van der Waals surface area contributed by atoms with Crippen LogP contribution in [0.1, 0.15) is 31.2 Å². The maximum absolute atomic E-state index is 13.2. The topological polar surface area (TPSA) is 50.2 Å². The van der Waals surface area contributed by atoms with E-state index in [4.69, 9.17) is 4.98 Å². The number of benzene rings is 2. The maximum atomic E-state index is 13.2. The lowest BCUT2D eigenvalue weighted by Crippen LogP contribution is -2.38. The van der Waals surface area contributed by atoms with Crippen molar-refractivity contribution in [3.8, 4) is 0 Å². The minimum absolute atomic E-state index is 0.181. The molecule has 3 aromatic rings. The summed E-state index contributed by atoms with van der Waals surface area (Å²) in [7, 11) is 0. The first kappa shape index (κ1) is 21.4. The Morgan fingerprint density at radius 3 is 2.48 bits per heavy atom. The Balaban J connectivity index is 1.38. The molecule has 0 spiro atoms. The van der Waals surface area contributed by atoms with Crippen LogP contribution in [0.15, 0.2) is 48.5 Å². The van der Waals surface area contributed by atoms with Crippen LogP contribution in [0.5, 0.6) is 0 Å². The fraction of sp³-hybridized carbons (Fsp3) is 0.391. The Kier molecular flexibility index (Phi) is 6.00. The van der Waals surface area contributed by atoms with Gasteiger partial charge in [0.2, 0.25) is 5.91 Å². The molecule has 2 heterocycles. The van der Waals surface area contributed by atoms with Gasteiger partial charge >= 0.3 is 6.18 Å². The van der Waals surface area contributed by atoms with Gasteiger partial charge in [-0.1, -0.05) is 24.3 Å². The molecule has 0 radical (unpaired) electrons. The van der Waals surface area contributed by atoms with Crippen molar-refractivity contribution in [2.75, 3.05) is 18.4 Å². The van der Waals surface area contributed by atoms with Crippen LogP contribution in [-0.4, -0.2) is 33.4 Å². The van der Waals surface area contributed by atoms with Crippen molar-refractivity contribution in [2.24, 2.45) is 5.92 Å². The van der Waals surface area contributed by atoms with Gasteiger partial charge in [0.25, 0.3) is 0 Å². The first-order valence-corrected chi connectivity index (χ1v) is 10.5. The van der Waals surface area contributed by atoms with E-state index in [9.17, 15) is 18.0 Å². The van der Waals surface area contributed by atoms with E-state index in [0.717, 1.165) is 29.5 Å². The Hall–Kier alpha value is -2.87. The van der Waals surface area contributed by atoms with Crippen LogP contribution >= 0.6 is 0 Å². The van der Waals surface area contributed by atoms with E-state index in [0.29, 0.717) is 32.5 Å². The second-order valence-electron chi connectivity index (χ2n) is 7.84. The molecule has 1 amide bonds. The summed E-state index contributed by atoms with van der Waals surface area (Å²) in [6.07, 6.45) is -3.29. The summed E-state index contributed by atoms with van der Waals surface area (Å²) in [6, 6.07) is 13.1. The third-order valence-corrected chi connectivity index (χ3v) is 5.86. The SMILES string of the molecule is CCn1c(CN2CCC(C(=O)Nc3ccccc3C(F)(F)F)CC2)nc2ccccc21. The molecular weight excluding hydrogens is 405 g/mol. The number of fused-ring (bicyclic) bond motifs is 1. The summed E-state index contributed by atoms with van der Waals surface area (Å²) in [5, 5.41) is 2.49. The molecule has 164 valence electrons. The van der Waals surface area contributed by atoms with Crippen molar-refractivity contribution < 1.29 is 18.0 Å². The zero-order valence-corrected chi connectivity index (χ0v) is 17.3. The summed E-state index contributed by atoms with van der Waals surface area (Å²) >= 11 is 0. The summed E-state index contributed by atoms with van der Waals surface area (Å²) in [5.74, 6) is 0.338. The highest BCUT2D eigenvalue weighted by Crippen LogP contribution is 2.35. The summed E-state index contributed by atoms with van der Waals surface area (Å²) in [4.78, 5) is 19.6. The lowest BCUT2D eigenvalue weighted by atomic mass is 9.95. The average molecular weight is 430 g/mol. The Bertz CT molecular complexity index is 1070. The van der Waals surface area contributed by atoms with Crippen LogP contribution in [0, 0.1) is 5.92 Å². The third-order valence-electron chi connectivity index (χ3n) is 5.86. The van der Waals surface area contributed by atoms with E-state index in [1.54, 1.807) is 0 Å². The molecule has 1 saturated heterocycles. The Morgan fingerprint density at radius 2 is 1.77 bits per heavy atom. The number of alkyl halides is 3. The smallest absolute Gasteiger partial charge is 0.327 e. The number of rotatable bonds is 5. The van der Waals surface area contributed by atoms with Crippen molar-refractivity contribution in [3.05, 3.63) is 59.9 Å². The minimum Gasteiger partial charge on any atom is -0.327 e. The molecule has 1 N–H and O–H groups in total. The highest BCUT2D eigenvalue weighted by molar-refractivity contribution is 5.93. The number of likely N-dealkylation sites (tertiary alicyclic amines) is 1. The standard InChI is InChI=1S/C23H25F3N4O/c1-2-30-20-10-6-5-9-19(20)27-21(30)15-29-13-11-16(12-14-29)22(31)28-18-8-4-3-7-17(18)23(24,25)26/h3-10,16H,2,11-15H2,1H3,(H,28,31). The van der Waals surface area contributed by atoms with Gasteiger partial charge in [0.1, 0.15) is 5.82 Å². The van der Waals surface area contributed by atoms with E-state index in [1.807, 2.05) is 18.2 Å². The highest BCUT2D eigenvalue weighted by atomic mass is 19.4. The van der Waals surface area contributed by atoms with Crippen LogP contribution in [0.2, 0.25) is 0 Å². The van der Waals surface area contributed by atoms with Crippen molar-refractivity contribution >= 4 is 22.6 Å². The first-order chi connectivity index (χ1) is 14.9. The fourth-order valence-electron chi connectivity index (χ4n) is 4.23. The quantitative estimate of drug-likeness (QED) is 0.625. The number of hydrogen-bond donors (Lipinski definition) is 1. The van der Waals surface area contributed by atoms with Gasteiger partial charge < -0.3 is 9.88 Å². The first-order valence-electron chi connectivity index (χ1n) is 10.5. The molecule has 0 atom stereocenters. The van der Waals surface area contributed by atoms with E-state index in [1.165, 1.54) is 18.2 Å². The molecule has 1 aliphatic heterocycles. The molecule has 0 unspecified atom stereocenters. The third kappa shape index (κ3) is 4.58. The number of anilines is 1. The molecule has 0 bridgehead atoms. The van der Waals surface area contributed by atoms with Gasteiger partial charge in [-0.3, -0.25) is 9.69 Å². The van der Waals surface area contributed by atoms with Crippen LogP contribution in [0.4, 0.5) is 18.9 Å². The number of amides is 1. The normalized spacial score (nSPS) is 16.0. The number of hydrogen-bond acceptors (Lipinski definition) is 3. The number of nitrogens with one attached hydrogen (secondary N) is 1. The number of nitrogens with zero attached hydrogens (tertiary/aromatic N) is 3. The molecule has 2 aromatic carbocycles. The zero-order chi connectivity index (χ0) is 22.0. The van der Waals surface area contributed by atoms with Gasteiger partial charge in [-0.2, -0.15) is 13.2 Å². The van der Waals surface area contributed by atoms with E-state index >= 15 is 0 Å². The average Bonchev–Trinajstić information content (AvgIpc) is 3.10. The van der Waals surface area contributed by atoms with Gasteiger partial charge in [0.15, 0.2) is 0 Å². The Morgan fingerprint density at radius 1 is 1.10 bits per heavy atom. The van der Waals surface area contributed by atoms with Gasteiger partial charge in [0.05, 0.1) is 28.8 Å². The predicted molar refractivity (Wildman–Crippen MR) is 113 cm³/mol. The van der Waals surface area contributed by atoms with E-state index < -0.39 is 11.7 Å². The minimum atomic E-state index is -4.50. The summed E-state index contributed by atoms with van der Waals surface area (Å²) in [5.41, 5.74) is 1.08. The number of aryl methyl sites for hydroxylation is 1. The molecule has 31 heavy (non-hydrogen) atoms. The number of imidazole rings is 1. The largest absolute Gasteiger partial charge is 0.418 e. The predicted octanol–water partition coefficient (Wildman–Crippen LogP) is 4.93. The molecule has 1 aromatic heterocycles. The number of halogens is 3. The lowest BCUT2D eigenvalue weighted by Gasteiger charge is -2.31. The van der Waals surface area contributed by atoms with E-state index in [-0.39, 0.29) is 17.5 Å². The number of carbonyl (C=O) groups excluding carboxylic acids is 1. The molecule has 1 fully saturated rings. The van der Waals surface area contributed by atoms with E-state index in [2.05, 4.69) is 27.8 Å². The molecule has 5 nitrogen and oxygen atoms in total. The van der Waals surface area contributed by atoms with Crippen LogP contribution in [0.3, 0.4) is 0 Å². The highest BCUT2D eigenvalue weighted by Gasteiger charge is 2.34. The summed E-state index contributed by atoms with van der Waals surface area (Å²) in [6.45, 7) is 5.01. The maximum Gasteiger partial charge on any atom is 0.418 e. The fourth-order valence-corrected chi connectivity index (χ4v) is 4.23. The molecular formula is C23H25F3N4O. The number of carbonyl (C=O) groups is 1. The van der Waals surface area contributed by atoms with Gasteiger partial charge in [-0.05, 0) is 57.1 Å². The van der Waals surface area contributed by atoms with Crippen molar-refractivity contribution in [1.29, 1.82) is 0 Å². The molecule has 1 aliphatic rings. The van der Waals surface area contributed by atoms with Crippen molar-refractivity contribution in [1.82, 2.24) is 14.5 Å². The van der Waals surface area contributed by atoms with Crippen LogP contribution in [0.25, 0.3) is 11.0 Å².